The number of hydrogen-bond acceptors (Lipinski definition) is 2. The molecule has 60 valence electrons. The van der Waals surface area contributed by atoms with Gasteiger partial charge in [-0.1, -0.05) is 19.4 Å². The van der Waals surface area contributed by atoms with Crippen molar-refractivity contribution in [3.8, 4) is 0 Å². The van der Waals surface area contributed by atoms with Crippen LogP contribution in [-0.2, 0) is 0 Å². The molecular formula is C8H11NO2. The van der Waals surface area contributed by atoms with E-state index in [2.05, 4.69) is 0 Å². The fourth-order valence-electron chi connectivity index (χ4n) is 1.06. The van der Waals surface area contributed by atoms with Gasteiger partial charge >= 0.3 is 0 Å². The van der Waals surface area contributed by atoms with Gasteiger partial charge in [0.25, 0.3) is 5.70 Å². The van der Waals surface area contributed by atoms with Crippen LogP contribution in [-0.4, -0.2) is 4.92 Å². The topological polar surface area (TPSA) is 43.1 Å². The standard InChI is InChI=1S/C8H11NO2/c1-6(2)7-3-4-8(5-7)9(10)11/h4-6H,3H2,1-2H3. The van der Waals surface area contributed by atoms with E-state index in [0.29, 0.717) is 5.92 Å². The molecule has 0 fully saturated rings. The summed E-state index contributed by atoms with van der Waals surface area (Å²) in [5.41, 5.74) is 1.39. The number of allylic oxidation sites excluding steroid dienone is 3. The summed E-state index contributed by atoms with van der Waals surface area (Å²) in [6.45, 7) is 4.09. The molecule has 0 saturated heterocycles. The van der Waals surface area contributed by atoms with E-state index < -0.39 is 0 Å². The number of hydrogen-bond donors (Lipinski definition) is 0. The molecule has 0 spiro atoms. The van der Waals surface area contributed by atoms with Crippen LogP contribution in [0, 0.1) is 16.0 Å². The molecule has 1 rings (SSSR count). The van der Waals surface area contributed by atoms with Crippen LogP contribution in [0.5, 0.6) is 0 Å². The second-order valence-corrected chi connectivity index (χ2v) is 2.96. The normalized spacial score (nSPS) is 16.6. The van der Waals surface area contributed by atoms with E-state index in [4.69, 9.17) is 0 Å². The van der Waals surface area contributed by atoms with Crippen LogP contribution >= 0.6 is 0 Å². The molecule has 0 atom stereocenters. The predicted molar refractivity (Wildman–Crippen MR) is 42.6 cm³/mol. The van der Waals surface area contributed by atoms with Gasteiger partial charge < -0.3 is 0 Å². The first kappa shape index (κ1) is 7.98. The lowest BCUT2D eigenvalue weighted by Gasteiger charge is -2.02. The van der Waals surface area contributed by atoms with Crippen LogP contribution in [0.25, 0.3) is 0 Å². The second-order valence-electron chi connectivity index (χ2n) is 2.96. The Morgan fingerprint density at radius 2 is 2.27 bits per heavy atom. The molecule has 11 heavy (non-hydrogen) atoms. The third-order valence-electron chi connectivity index (χ3n) is 1.83. The van der Waals surface area contributed by atoms with Gasteiger partial charge in [-0.25, -0.2) is 0 Å². The highest BCUT2D eigenvalue weighted by Crippen LogP contribution is 2.23. The molecule has 0 aromatic heterocycles. The molecule has 3 heteroatoms. The Hall–Kier alpha value is -1.12. The molecule has 0 aliphatic heterocycles. The minimum absolute atomic E-state index is 0.244. The van der Waals surface area contributed by atoms with Crippen molar-refractivity contribution in [2.24, 2.45) is 5.92 Å². The number of nitro groups is 1. The van der Waals surface area contributed by atoms with Crippen molar-refractivity contribution < 1.29 is 4.92 Å². The lowest BCUT2D eigenvalue weighted by atomic mass is 10.0. The molecule has 0 heterocycles. The van der Waals surface area contributed by atoms with Gasteiger partial charge in [0, 0.05) is 6.08 Å². The molecule has 0 saturated carbocycles. The molecule has 3 nitrogen and oxygen atoms in total. The highest BCUT2D eigenvalue weighted by Gasteiger charge is 2.16. The van der Waals surface area contributed by atoms with E-state index in [0.717, 1.165) is 12.0 Å². The predicted octanol–water partition coefficient (Wildman–Crippen LogP) is 2.13. The van der Waals surface area contributed by atoms with Gasteiger partial charge in [0.2, 0.25) is 0 Å². The van der Waals surface area contributed by atoms with Crippen LogP contribution in [0.3, 0.4) is 0 Å². The highest BCUT2D eigenvalue weighted by atomic mass is 16.6. The second kappa shape index (κ2) is 2.86. The monoisotopic (exact) mass is 153 g/mol. The van der Waals surface area contributed by atoms with Gasteiger partial charge in [-0.2, -0.15) is 0 Å². The van der Waals surface area contributed by atoms with Crippen molar-refractivity contribution in [3.05, 3.63) is 33.5 Å². The van der Waals surface area contributed by atoms with Gasteiger partial charge in [-0.05, 0) is 18.4 Å². The van der Waals surface area contributed by atoms with E-state index in [1.807, 2.05) is 13.8 Å². The summed E-state index contributed by atoms with van der Waals surface area (Å²) in [6, 6.07) is 0. The molecule has 1 aliphatic rings. The fraction of sp³-hybridized carbons (Fsp3) is 0.500. The third-order valence-corrected chi connectivity index (χ3v) is 1.83. The van der Waals surface area contributed by atoms with Crippen LogP contribution in [0.1, 0.15) is 20.3 Å². The first-order chi connectivity index (χ1) is 5.11. The van der Waals surface area contributed by atoms with Crippen molar-refractivity contribution in [2.75, 3.05) is 0 Å². The Balaban J connectivity index is 2.71. The summed E-state index contributed by atoms with van der Waals surface area (Å²) < 4.78 is 0. The Kier molecular flexibility index (Phi) is 2.08. The first-order valence-corrected chi connectivity index (χ1v) is 3.66. The summed E-state index contributed by atoms with van der Waals surface area (Å²) in [5, 5.41) is 10.3. The maximum atomic E-state index is 10.3. The molecule has 1 aliphatic carbocycles. The minimum Gasteiger partial charge on any atom is -0.258 e. The minimum atomic E-state index is -0.338. The summed E-state index contributed by atoms with van der Waals surface area (Å²) >= 11 is 0. The molecule has 0 N–H and O–H groups in total. The molecule has 0 aromatic carbocycles. The number of rotatable bonds is 2. The van der Waals surface area contributed by atoms with Crippen molar-refractivity contribution in [1.82, 2.24) is 0 Å². The van der Waals surface area contributed by atoms with Crippen molar-refractivity contribution >= 4 is 0 Å². The van der Waals surface area contributed by atoms with Crippen LogP contribution in [0.4, 0.5) is 0 Å². The quantitative estimate of drug-likeness (QED) is 0.450. The van der Waals surface area contributed by atoms with E-state index in [1.54, 1.807) is 12.2 Å². The molecular weight excluding hydrogens is 142 g/mol. The SMILES string of the molecule is CC(C)C1=CC([N+](=O)[O-])=CC1. The lowest BCUT2D eigenvalue weighted by Crippen LogP contribution is -1.93. The lowest BCUT2D eigenvalue weighted by molar-refractivity contribution is -0.418. The maximum absolute atomic E-state index is 10.3. The molecule has 0 radical (unpaired) electrons. The first-order valence-electron chi connectivity index (χ1n) is 3.66. The van der Waals surface area contributed by atoms with Gasteiger partial charge in [0.1, 0.15) is 0 Å². The third kappa shape index (κ3) is 1.67. The molecule has 0 unspecified atom stereocenters. The average Bonchev–Trinajstić information content (AvgIpc) is 2.33. The van der Waals surface area contributed by atoms with E-state index in [1.165, 1.54) is 0 Å². The maximum Gasteiger partial charge on any atom is 0.265 e. The van der Waals surface area contributed by atoms with Gasteiger partial charge in [-0.3, -0.25) is 10.1 Å². The zero-order valence-electron chi connectivity index (χ0n) is 6.70. The zero-order chi connectivity index (χ0) is 8.43. The molecule has 0 aromatic rings. The smallest absolute Gasteiger partial charge is 0.258 e. The average molecular weight is 153 g/mol. The van der Waals surface area contributed by atoms with Gasteiger partial charge in [-0.15, -0.1) is 0 Å². The Labute approximate surface area is 65.6 Å². The van der Waals surface area contributed by atoms with Crippen LogP contribution in [0.2, 0.25) is 0 Å². The van der Waals surface area contributed by atoms with Gasteiger partial charge in [0.05, 0.1) is 4.92 Å². The van der Waals surface area contributed by atoms with E-state index in [-0.39, 0.29) is 10.6 Å². The van der Waals surface area contributed by atoms with Crippen molar-refractivity contribution in [1.29, 1.82) is 0 Å². The Bertz CT molecular complexity index is 238. The van der Waals surface area contributed by atoms with E-state index >= 15 is 0 Å². The summed E-state index contributed by atoms with van der Waals surface area (Å²) in [4.78, 5) is 9.92. The molecule has 0 bridgehead atoms. The summed E-state index contributed by atoms with van der Waals surface area (Å²) in [5.74, 6) is 0.420. The van der Waals surface area contributed by atoms with Crippen molar-refractivity contribution in [3.63, 3.8) is 0 Å². The van der Waals surface area contributed by atoms with Crippen LogP contribution < -0.4 is 0 Å². The Morgan fingerprint density at radius 3 is 2.55 bits per heavy atom. The molecule has 0 amide bonds. The summed E-state index contributed by atoms with van der Waals surface area (Å²) in [6.07, 6.45) is 4.08. The largest absolute Gasteiger partial charge is 0.265 e. The number of nitrogens with zero attached hydrogens (tertiary/aromatic N) is 1. The van der Waals surface area contributed by atoms with E-state index in [9.17, 15) is 10.1 Å². The summed E-state index contributed by atoms with van der Waals surface area (Å²) in [7, 11) is 0. The highest BCUT2D eigenvalue weighted by molar-refractivity contribution is 5.28. The Morgan fingerprint density at radius 1 is 1.64 bits per heavy atom. The van der Waals surface area contributed by atoms with Crippen molar-refractivity contribution in [2.45, 2.75) is 20.3 Å². The van der Waals surface area contributed by atoms with Gasteiger partial charge in [0.15, 0.2) is 0 Å². The zero-order valence-corrected chi connectivity index (χ0v) is 6.70. The van der Waals surface area contributed by atoms with Crippen LogP contribution in [0.15, 0.2) is 23.4 Å². The fourth-order valence-corrected chi connectivity index (χ4v) is 1.06.